The van der Waals surface area contributed by atoms with Crippen LogP contribution in [0.1, 0.15) is 15.9 Å². The van der Waals surface area contributed by atoms with E-state index >= 15 is 0 Å². The van der Waals surface area contributed by atoms with Crippen LogP contribution in [0.2, 0.25) is 5.02 Å². The highest BCUT2D eigenvalue weighted by atomic mass is 35.5. The second kappa shape index (κ2) is 9.31. The summed E-state index contributed by atoms with van der Waals surface area (Å²) in [7, 11) is -0.227. The lowest BCUT2D eigenvalue weighted by molar-refractivity contribution is -0.116. The fraction of sp³-hybridized carbons (Fsp3) is 0.278. The zero-order valence-electron chi connectivity index (χ0n) is 16.3. The van der Waals surface area contributed by atoms with Gasteiger partial charge in [-0.05, 0) is 42.8 Å². The molecule has 156 valence electrons. The summed E-state index contributed by atoms with van der Waals surface area (Å²) in [5.74, 6) is -0.622. The molecule has 1 heterocycles. The van der Waals surface area contributed by atoms with Gasteiger partial charge >= 0.3 is 0 Å². The first-order valence-electron chi connectivity index (χ1n) is 8.37. The summed E-state index contributed by atoms with van der Waals surface area (Å²) >= 11 is 6.00. The molecule has 0 saturated carbocycles. The summed E-state index contributed by atoms with van der Waals surface area (Å²) in [5.41, 5.74) is 0.983. The van der Waals surface area contributed by atoms with Crippen molar-refractivity contribution in [3.63, 3.8) is 0 Å². The molecule has 1 N–H and O–H groups in total. The average molecular weight is 441 g/mol. The number of aromatic nitrogens is 1. The highest BCUT2D eigenvalue weighted by molar-refractivity contribution is 7.89. The second-order valence-corrected chi connectivity index (χ2v) is 8.48. The first-order chi connectivity index (χ1) is 13.6. The Bertz CT molecular complexity index is 1030. The summed E-state index contributed by atoms with van der Waals surface area (Å²) < 4.78 is 25.5. The molecule has 0 spiro atoms. The predicted molar refractivity (Wildman–Crippen MR) is 108 cm³/mol. The van der Waals surface area contributed by atoms with Crippen molar-refractivity contribution >= 4 is 39.3 Å². The molecule has 0 unspecified atom stereocenters. The molecule has 1 aromatic heterocycles. The van der Waals surface area contributed by atoms with Gasteiger partial charge in [-0.1, -0.05) is 16.1 Å². The van der Waals surface area contributed by atoms with Crippen LogP contribution in [-0.4, -0.2) is 62.3 Å². The van der Waals surface area contributed by atoms with Crippen molar-refractivity contribution in [1.82, 2.24) is 14.4 Å². The number of carbonyl (C=O) groups excluding carboxylic acids is 2. The number of benzene rings is 1. The number of hydrogen-bond acceptors (Lipinski definition) is 6. The molecule has 0 aliphatic carbocycles. The summed E-state index contributed by atoms with van der Waals surface area (Å²) in [6, 6.07) is 7.32. The molecule has 0 saturated heterocycles. The van der Waals surface area contributed by atoms with Crippen LogP contribution in [-0.2, 0) is 19.7 Å². The Kier molecular flexibility index (Phi) is 7.31. The lowest BCUT2D eigenvalue weighted by Crippen LogP contribution is -2.35. The van der Waals surface area contributed by atoms with Gasteiger partial charge in [0.15, 0.2) is 0 Å². The van der Waals surface area contributed by atoms with Crippen molar-refractivity contribution in [2.24, 2.45) is 0 Å². The number of halogens is 1. The molecule has 2 amide bonds. The van der Waals surface area contributed by atoms with Crippen LogP contribution in [0.3, 0.4) is 0 Å². The maximum Gasteiger partial charge on any atom is 0.266 e. The van der Waals surface area contributed by atoms with E-state index in [9.17, 15) is 18.0 Å². The quantitative estimate of drug-likeness (QED) is 0.659. The number of amides is 2. The third-order valence-corrected chi connectivity index (χ3v) is 6.12. The zero-order chi connectivity index (χ0) is 21.8. The van der Waals surface area contributed by atoms with Gasteiger partial charge in [0, 0.05) is 25.9 Å². The number of pyridine rings is 1. The van der Waals surface area contributed by atoms with Gasteiger partial charge in [0.2, 0.25) is 5.91 Å². The van der Waals surface area contributed by atoms with Gasteiger partial charge < -0.3 is 10.2 Å². The van der Waals surface area contributed by atoms with E-state index in [2.05, 4.69) is 10.3 Å². The molecule has 2 rings (SSSR count). The van der Waals surface area contributed by atoms with Crippen LogP contribution in [0.25, 0.3) is 0 Å². The number of sulfonamides is 1. The first kappa shape index (κ1) is 22.8. The van der Waals surface area contributed by atoms with Crippen molar-refractivity contribution in [3.8, 4) is 0 Å². The Labute approximate surface area is 174 Å². The number of aryl methyl sites for hydroxylation is 1. The Morgan fingerprint density at radius 1 is 1.21 bits per heavy atom. The van der Waals surface area contributed by atoms with E-state index in [1.807, 2.05) is 6.92 Å². The Morgan fingerprint density at radius 2 is 1.90 bits per heavy atom. The summed E-state index contributed by atoms with van der Waals surface area (Å²) in [4.78, 5) is 34.5. The number of nitrogens with zero attached hydrogens (tertiary/aromatic N) is 3. The van der Waals surface area contributed by atoms with E-state index in [0.717, 1.165) is 16.5 Å². The number of hydroxylamine groups is 1. The largest absolute Gasteiger partial charge is 0.332 e. The number of likely N-dealkylation sites (N-methyl/N-ethyl adjacent to an activating group) is 1. The van der Waals surface area contributed by atoms with E-state index in [1.165, 1.54) is 33.3 Å². The standard InChI is InChI=1S/C18H21ClN4O5S/c1-12-7-8-20-16(9-12)21-17(24)11-22(2)18(25)13-5-6-14(19)15(10-13)29(26,27)23(3)28-4/h5-10H,11H2,1-4H3,(H,20,21,24). The lowest BCUT2D eigenvalue weighted by Gasteiger charge is -2.19. The molecule has 0 aliphatic rings. The van der Waals surface area contributed by atoms with E-state index < -0.39 is 21.8 Å². The normalized spacial score (nSPS) is 11.4. The van der Waals surface area contributed by atoms with Gasteiger partial charge in [0.1, 0.15) is 10.7 Å². The third kappa shape index (κ3) is 5.51. The van der Waals surface area contributed by atoms with Crippen molar-refractivity contribution in [3.05, 3.63) is 52.7 Å². The van der Waals surface area contributed by atoms with Crippen LogP contribution >= 0.6 is 11.6 Å². The van der Waals surface area contributed by atoms with Gasteiger partial charge in [-0.15, -0.1) is 0 Å². The minimum Gasteiger partial charge on any atom is -0.332 e. The van der Waals surface area contributed by atoms with Crippen LogP contribution in [0.5, 0.6) is 0 Å². The minimum atomic E-state index is -4.05. The Morgan fingerprint density at radius 3 is 2.52 bits per heavy atom. The average Bonchev–Trinajstić information content (AvgIpc) is 2.66. The van der Waals surface area contributed by atoms with Gasteiger partial charge in [-0.3, -0.25) is 14.4 Å². The molecule has 11 heteroatoms. The predicted octanol–water partition coefficient (Wildman–Crippen LogP) is 1.94. The van der Waals surface area contributed by atoms with E-state index in [0.29, 0.717) is 10.3 Å². The molecule has 29 heavy (non-hydrogen) atoms. The Balaban J connectivity index is 2.17. The molecule has 1 aromatic carbocycles. The smallest absolute Gasteiger partial charge is 0.266 e. The van der Waals surface area contributed by atoms with Gasteiger partial charge in [0.05, 0.1) is 18.7 Å². The highest BCUT2D eigenvalue weighted by Gasteiger charge is 2.26. The van der Waals surface area contributed by atoms with Crippen LogP contribution < -0.4 is 5.32 Å². The van der Waals surface area contributed by atoms with Crippen LogP contribution in [0.4, 0.5) is 5.82 Å². The molecule has 2 aromatic rings. The summed E-state index contributed by atoms with van der Waals surface area (Å²) in [6.07, 6.45) is 1.56. The fourth-order valence-corrected chi connectivity index (χ4v) is 3.84. The number of anilines is 1. The van der Waals surface area contributed by atoms with E-state index in [-0.39, 0.29) is 22.0 Å². The van der Waals surface area contributed by atoms with Gasteiger partial charge in [-0.2, -0.15) is 0 Å². The molecular formula is C18H21ClN4O5S. The van der Waals surface area contributed by atoms with E-state index in [4.69, 9.17) is 16.4 Å². The molecule has 0 aliphatic heterocycles. The molecule has 0 fully saturated rings. The lowest BCUT2D eigenvalue weighted by atomic mass is 10.2. The monoisotopic (exact) mass is 440 g/mol. The number of hydrogen-bond donors (Lipinski definition) is 1. The second-order valence-electron chi connectivity index (χ2n) is 6.17. The van der Waals surface area contributed by atoms with E-state index in [1.54, 1.807) is 18.3 Å². The maximum absolute atomic E-state index is 12.7. The first-order valence-corrected chi connectivity index (χ1v) is 10.2. The summed E-state index contributed by atoms with van der Waals surface area (Å²) in [5, 5.41) is 2.54. The maximum atomic E-state index is 12.7. The number of carbonyl (C=O) groups is 2. The van der Waals surface area contributed by atoms with Crippen molar-refractivity contribution in [1.29, 1.82) is 0 Å². The number of rotatable bonds is 7. The van der Waals surface area contributed by atoms with Crippen molar-refractivity contribution in [2.45, 2.75) is 11.8 Å². The van der Waals surface area contributed by atoms with Gasteiger partial charge in [-0.25, -0.2) is 13.4 Å². The highest BCUT2D eigenvalue weighted by Crippen LogP contribution is 2.25. The van der Waals surface area contributed by atoms with Crippen LogP contribution in [0, 0.1) is 6.92 Å². The van der Waals surface area contributed by atoms with Crippen molar-refractivity contribution < 1.29 is 22.8 Å². The van der Waals surface area contributed by atoms with Crippen molar-refractivity contribution in [2.75, 3.05) is 33.1 Å². The fourth-order valence-electron chi connectivity index (χ4n) is 2.37. The molecule has 0 atom stereocenters. The minimum absolute atomic E-state index is 0.0569. The number of nitrogens with one attached hydrogen (secondary N) is 1. The molecular weight excluding hydrogens is 420 g/mol. The zero-order valence-corrected chi connectivity index (χ0v) is 17.9. The molecule has 0 radical (unpaired) electrons. The molecule has 9 nitrogen and oxygen atoms in total. The Hall–Kier alpha value is -2.53. The summed E-state index contributed by atoms with van der Waals surface area (Å²) in [6.45, 7) is 1.61. The third-order valence-electron chi connectivity index (χ3n) is 3.96. The molecule has 0 bridgehead atoms. The van der Waals surface area contributed by atoms with Gasteiger partial charge in [0.25, 0.3) is 15.9 Å². The SMILES string of the molecule is CON(C)S(=O)(=O)c1cc(C(=O)N(C)CC(=O)Nc2cc(C)ccn2)ccc1Cl. The van der Waals surface area contributed by atoms with Crippen LogP contribution in [0.15, 0.2) is 41.4 Å². The topological polar surface area (TPSA) is 109 Å².